The molecule has 0 fully saturated rings. The molecule has 0 spiro atoms. The average molecular weight is 112 g/mol. The Morgan fingerprint density at radius 1 is 1.75 bits per heavy atom. The summed E-state index contributed by atoms with van der Waals surface area (Å²) in [6.45, 7) is 1.58. The quantitative estimate of drug-likeness (QED) is 0.301. The fourth-order valence-corrected chi connectivity index (χ4v) is 0.241. The van der Waals surface area contributed by atoms with E-state index in [4.69, 9.17) is 11.1 Å². The van der Waals surface area contributed by atoms with Crippen molar-refractivity contribution in [1.82, 2.24) is 0 Å². The Kier molecular flexibility index (Phi) is 2.54. The molecular formula is C5H8N2O. The van der Waals surface area contributed by atoms with Crippen molar-refractivity contribution in [3.8, 4) is 0 Å². The molecule has 0 aliphatic carbocycles. The van der Waals surface area contributed by atoms with Crippen LogP contribution in [0.1, 0.15) is 6.92 Å². The van der Waals surface area contributed by atoms with Gasteiger partial charge in [0, 0.05) is 11.9 Å². The molecule has 0 rings (SSSR count). The molecule has 0 saturated carbocycles. The molecule has 0 saturated heterocycles. The number of aldehydes is 1. The van der Waals surface area contributed by atoms with Crippen molar-refractivity contribution in [1.29, 1.82) is 5.41 Å². The van der Waals surface area contributed by atoms with Gasteiger partial charge in [0.1, 0.15) is 0 Å². The van der Waals surface area contributed by atoms with Gasteiger partial charge in [-0.3, -0.25) is 4.79 Å². The lowest BCUT2D eigenvalue weighted by molar-refractivity contribution is -0.104. The first-order chi connectivity index (χ1) is 3.72. The molecule has 0 aliphatic heterocycles. The van der Waals surface area contributed by atoms with Crippen LogP contribution in [-0.4, -0.2) is 12.5 Å². The molecule has 3 nitrogen and oxygen atoms in total. The Bertz CT molecular complexity index is 123. The predicted molar refractivity (Wildman–Crippen MR) is 31.7 cm³/mol. The van der Waals surface area contributed by atoms with Crippen LogP contribution in [0.5, 0.6) is 0 Å². The van der Waals surface area contributed by atoms with Crippen LogP contribution in [0.2, 0.25) is 0 Å². The van der Waals surface area contributed by atoms with Crippen LogP contribution >= 0.6 is 0 Å². The number of hydrogen-bond donors (Lipinski definition) is 2. The summed E-state index contributed by atoms with van der Waals surface area (Å²) in [5.41, 5.74) is 5.78. The van der Waals surface area contributed by atoms with Crippen molar-refractivity contribution in [3.05, 3.63) is 11.3 Å². The van der Waals surface area contributed by atoms with Crippen molar-refractivity contribution in [3.63, 3.8) is 0 Å². The summed E-state index contributed by atoms with van der Waals surface area (Å²) in [5, 5.41) is 6.60. The van der Waals surface area contributed by atoms with E-state index in [0.29, 0.717) is 12.0 Å². The summed E-state index contributed by atoms with van der Waals surface area (Å²) >= 11 is 0. The highest BCUT2D eigenvalue weighted by Crippen LogP contribution is 1.87. The molecule has 0 aliphatic rings. The smallest absolute Gasteiger partial charge is 0.153 e. The lowest BCUT2D eigenvalue weighted by Crippen LogP contribution is -1.99. The molecule has 3 N–H and O–H groups in total. The van der Waals surface area contributed by atoms with Gasteiger partial charge in [0.15, 0.2) is 6.29 Å². The number of hydrogen-bond acceptors (Lipinski definition) is 3. The van der Waals surface area contributed by atoms with Gasteiger partial charge >= 0.3 is 0 Å². The largest absolute Gasteiger partial charge is 0.402 e. The number of carbonyl (C=O) groups excluding carboxylic acids is 1. The summed E-state index contributed by atoms with van der Waals surface area (Å²) in [4.78, 5) is 9.89. The Labute approximate surface area is 47.7 Å². The maximum atomic E-state index is 9.89. The molecule has 0 aromatic heterocycles. The molecule has 44 valence electrons. The maximum absolute atomic E-state index is 9.89. The second-order valence-electron chi connectivity index (χ2n) is 1.40. The second-order valence-corrected chi connectivity index (χ2v) is 1.40. The van der Waals surface area contributed by atoms with Gasteiger partial charge in [0.05, 0.1) is 5.57 Å². The third kappa shape index (κ3) is 1.55. The molecule has 0 heterocycles. The van der Waals surface area contributed by atoms with E-state index in [9.17, 15) is 4.79 Å². The minimum atomic E-state index is 0.241. The highest BCUT2D eigenvalue weighted by atomic mass is 16.1. The fourth-order valence-electron chi connectivity index (χ4n) is 0.241. The van der Waals surface area contributed by atoms with E-state index in [1.54, 1.807) is 6.92 Å². The average Bonchev–Trinajstić information content (AvgIpc) is 1.69. The molecule has 0 aromatic carbocycles. The van der Waals surface area contributed by atoms with Crippen molar-refractivity contribution >= 4 is 12.5 Å². The lowest BCUT2D eigenvalue weighted by atomic mass is 10.3. The summed E-state index contributed by atoms with van der Waals surface area (Å²) in [7, 11) is 0. The van der Waals surface area contributed by atoms with Crippen LogP contribution in [0.15, 0.2) is 11.3 Å². The van der Waals surface area contributed by atoms with Gasteiger partial charge in [0.25, 0.3) is 0 Å². The molecule has 3 heteroatoms. The zero-order valence-corrected chi connectivity index (χ0v) is 4.64. The third-order valence-electron chi connectivity index (χ3n) is 0.738. The van der Waals surface area contributed by atoms with Crippen LogP contribution in [0, 0.1) is 5.41 Å². The maximum Gasteiger partial charge on any atom is 0.153 e. The zero-order chi connectivity index (χ0) is 6.57. The van der Waals surface area contributed by atoms with Crippen LogP contribution in [0.25, 0.3) is 0 Å². The SMILES string of the molecule is CC(N)=C(C=N)C=O. The minimum absolute atomic E-state index is 0.241. The van der Waals surface area contributed by atoms with E-state index in [1.165, 1.54) is 0 Å². The van der Waals surface area contributed by atoms with Gasteiger partial charge in [-0.05, 0) is 6.92 Å². The van der Waals surface area contributed by atoms with Crippen molar-refractivity contribution in [2.24, 2.45) is 5.73 Å². The molecule has 0 amide bonds. The number of nitrogens with one attached hydrogen (secondary N) is 1. The second kappa shape index (κ2) is 2.96. The van der Waals surface area contributed by atoms with Crippen molar-refractivity contribution < 1.29 is 4.79 Å². The zero-order valence-electron chi connectivity index (χ0n) is 4.64. The highest BCUT2D eigenvalue weighted by molar-refractivity contribution is 6.01. The number of rotatable bonds is 2. The topological polar surface area (TPSA) is 66.9 Å². The summed E-state index contributed by atoms with van der Waals surface area (Å²) in [6, 6.07) is 0. The van der Waals surface area contributed by atoms with Gasteiger partial charge in [-0.2, -0.15) is 0 Å². The van der Waals surface area contributed by atoms with Crippen LogP contribution in [-0.2, 0) is 4.79 Å². The van der Waals surface area contributed by atoms with Gasteiger partial charge in [0.2, 0.25) is 0 Å². The van der Waals surface area contributed by atoms with E-state index in [2.05, 4.69) is 0 Å². The molecule has 0 atom stereocenters. The molecule has 8 heavy (non-hydrogen) atoms. The van der Waals surface area contributed by atoms with Crippen molar-refractivity contribution in [2.45, 2.75) is 6.92 Å². The standard InChI is InChI=1S/C5H8N2O/c1-4(7)5(2-6)3-8/h2-3,6H,7H2,1H3. The van der Waals surface area contributed by atoms with Gasteiger partial charge < -0.3 is 11.1 Å². The van der Waals surface area contributed by atoms with E-state index in [1.807, 2.05) is 0 Å². The Morgan fingerprint density at radius 2 is 2.25 bits per heavy atom. The predicted octanol–water partition coefficient (Wildman–Crippen LogP) is 0.0676. The molecule has 0 bridgehead atoms. The first kappa shape index (κ1) is 6.88. The Morgan fingerprint density at radius 3 is 2.25 bits per heavy atom. The minimum Gasteiger partial charge on any atom is -0.402 e. The molecule has 0 radical (unpaired) electrons. The summed E-state index contributed by atoms with van der Waals surface area (Å²) in [5.74, 6) is 0. The summed E-state index contributed by atoms with van der Waals surface area (Å²) in [6.07, 6.45) is 1.49. The number of carbonyl (C=O) groups is 1. The van der Waals surface area contributed by atoms with Crippen LogP contribution < -0.4 is 5.73 Å². The van der Waals surface area contributed by atoms with Gasteiger partial charge in [-0.1, -0.05) is 0 Å². The summed E-state index contributed by atoms with van der Waals surface area (Å²) < 4.78 is 0. The molecule has 0 unspecified atom stereocenters. The van der Waals surface area contributed by atoms with E-state index in [-0.39, 0.29) is 5.57 Å². The third-order valence-corrected chi connectivity index (χ3v) is 0.738. The van der Waals surface area contributed by atoms with Crippen LogP contribution in [0.4, 0.5) is 0 Å². The normalized spacial score (nSPS) is 12.1. The van der Waals surface area contributed by atoms with E-state index >= 15 is 0 Å². The van der Waals surface area contributed by atoms with E-state index in [0.717, 1.165) is 6.21 Å². The number of nitrogens with two attached hydrogens (primary N) is 1. The van der Waals surface area contributed by atoms with Gasteiger partial charge in [-0.25, -0.2) is 0 Å². The number of allylic oxidation sites excluding steroid dienone is 2. The lowest BCUT2D eigenvalue weighted by Gasteiger charge is -1.88. The Hall–Kier alpha value is -1.12. The van der Waals surface area contributed by atoms with E-state index < -0.39 is 0 Å². The van der Waals surface area contributed by atoms with Crippen molar-refractivity contribution in [2.75, 3.05) is 0 Å². The van der Waals surface area contributed by atoms with Crippen LogP contribution in [0.3, 0.4) is 0 Å². The molecular weight excluding hydrogens is 104 g/mol. The Balaban J connectivity index is 4.30. The highest BCUT2D eigenvalue weighted by Gasteiger charge is 1.89. The van der Waals surface area contributed by atoms with Gasteiger partial charge in [-0.15, -0.1) is 0 Å². The monoisotopic (exact) mass is 112 g/mol. The first-order valence-electron chi connectivity index (χ1n) is 2.14. The first-order valence-corrected chi connectivity index (χ1v) is 2.14. The molecule has 0 aromatic rings. The fraction of sp³-hybridized carbons (Fsp3) is 0.200.